The summed E-state index contributed by atoms with van der Waals surface area (Å²) in [6.45, 7) is 5.67. The van der Waals surface area contributed by atoms with Gasteiger partial charge in [0.25, 0.3) is 0 Å². The fourth-order valence-electron chi connectivity index (χ4n) is 3.06. The standard InChI is InChI=1S/C15H24N2O/c1-15(8-2-3-9-16-15)12-17(13-6-7-13)11-14-5-4-10-18-14/h4-5,10,13,16H,2-3,6-9,11-12H2,1H3. The lowest BCUT2D eigenvalue weighted by molar-refractivity contribution is 0.143. The van der Waals surface area contributed by atoms with Crippen molar-refractivity contribution in [3.63, 3.8) is 0 Å². The molecular weight excluding hydrogens is 224 g/mol. The van der Waals surface area contributed by atoms with Crippen LogP contribution in [0, 0.1) is 0 Å². The molecule has 2 fully saturated rings. The average molecular weight is 248 g/mol. The van der Waals surface area contributed by atoms with Gasteiger partial charge in [-0.2, -0.15) is 0 Å². The molecule has 0 spiro atoms. The highest BCUT2D eigenvalue weighted by Crippen LogP contribution is 2.31. The Morgan fingerprint density at radius 3 is 2.94 bits per heavy atom. The first-order chi connectivity index (χ1) is 8.75. The Morgan fingerprint density at radius 1 is 1.44 bits per heavy atom. The van der Waals surface area contributed by atoms with Gasteiger partial charge in [0, 0.05) is 18.1 Å². The summed E-state index contributed by atoms with van der Waals surface area (Å²) in [6, 6.07) is 4.86. The third-order valence-corrected chi connectivity index (χ3v) is 4.26. The summed E-state index contributed by atoms with van der Waals surface area (Å²) in [7, 11) is 0. The first kappa shape index (κ1) is 12.2. The highest BCUT2D eigenvalue weighted by molar-refractivity contribution is 5.01. The molecule has 1 N–H and O–H groups in total. The molecule has 1 aromatic heterocycles. The Bertz CT molecular complexity index is 364. The van der Waals surface area contributed by atoms with Gasteiger partial charge in [0.1, 0.15) is 5.76 Å². The van der Waals surface area contributed by atoms with E-state index < -0.39 is 0 Å². The van der Waals surface area contributed by atoms with Crippen molar-refractivity contribution in [3.05, 3.63) is 24.2 Å². The predicted molar refractivity (Wildman–Crippen MR) is 72.4 cm³/mol. The van der Waals surface area contributed by atoms with Crippen molar-refractivity contribution in [2.45, 2.75) is 57.2 Å². The van der Waals surface area contributed by atoms with E-state index in [2.05, 4.69) is 23.2 Å². The Morgan fingerprint density at radius 2 is 2.33 bits per heavy atom. The van der Waals surface area contributed by atoms with Gasteiger partial charge in [-0.15, -0.1) is 0 Å². The van der Waals surface area contributed by atoms with E-state index in [-0.39, 0.29) is 0 Å². The van der Waals surface area contributed by atoms with E-state index in [0.29, 0.717) is 5.54 Å². The third-order valence-electron chi connectivity index (χ3n) is 4.26. The normalized spacial score (nSPS) is 28.8. The molecule has 1 saturated heterocycles. The van der Waals surface area contributed by atoms with E-state index in [9.17, 15) is 0 Å². The highest BCUT2D eigenvalue weighted by Gasteiger charge is 2.35. The van der Waals surface area contributed by atoms with Crippen LogP contribution in [0.5, 0.6) is 0 Å². The minimum Gasteiger partial charge on any atom is -0.468 e. The molecule has 3 rings (SSSR count). The Balaban J connectivity index is 1.62. The molecule has 1 aliphatic heterocycles. The number of nitrogens with one attached hydrogen (secondary N) is 1. The third kappa shape index (κ3) is 2.96. The Hall–Kier alpha value is -0.800. The molecular formula is C15H24N2O. The van der Waals surface area contributed by atoms with Crippen molar-refractivity contribution in [3.8, 4) is 0 Å². The Kier molecular flexibility index (Phi) is 3.44. The van der Waals surface area contributed by atoms with Crippen LogP contribution in [0.15, 0.2) is 22.8 Å². The maximum absolute atomic E-state index is 5.50. The minimum absolute atomic E-state index is 0.299. The van der Waals surface area contributed by atoms with Crippen molar-refractivity contribution in [2.24, 2.45) is 0 Å². The quantitative estimate of drug-likeness (QED) is 0.868. The highest BCUT2D eigenvalue weighted by atomic mass is 16.3. The summed E-state index contributed by atoms with van der Waals surface area (Å²) in [5, 5.41) is 3.72. The monoisotopic (exact) mass is 248 g/mol. The van der Waals surface area contributed by atoms with E-state index in [1.54, 1.807) is 6.26 Å². The van der Waals surface area contributed by atoms with Gasteiger partial charge in [0.2, 0.25) is 0 Å². The average Bonchev–Trinajstić information content (AvgIpc) is 3.09. The van der Waals surface area contributed by atoms with Crippen molar-refractivity contribution < 1.29 is 4.42 Å². The lowest BCUT2D eigenvalue weighted by Crippen LogP contribution is -2.53. The maximum Gasteiger partial charge on any atom is 0.117 e. The zero-order valence-electron chi connectivity index (χ0n) is 11.3. The van der Waals surface area contributed by atoms with Crippen molar-refractivity contribution in [1.29, 1.82) is 0 Å². The summed E-state index contributed by atoms with van der Waals surface area (Å²) in [6.07, 6.45) is 8.49. The molecule has 1 aromatic rings. The van der Waals surface area contributed by atoms with Crippen LogP contribution in [0.25, 0.3) is 0 Å². The molecule has 2 heterocycles. The SMILES string of the molecule is CC1(CN(Cc2ccco2)C2CC2)CCCCN1. The van der Waals surface area contributed by atoms with Crippen LogP contribution < -0.4 is 5.32 Å². The van der Waals surface area contributed by atoms with E-state index in [0.717, 1.165) is 24.9 Å². The fourth-order valence-corrected chi connectivity index (χ4v) is 3.06. The minimum atomic E-state index is 0.299. The molecule has 1 saturated carbocycles. The summed E-state index contributed by atoms with van der Waals surface area (Å²) in [4.78, 5) is 2.61. The summed E-state index contributed by atoms with van der Waals surface area (Å²) >= 11 is 0. The zero-order chi connectivity index (χ0) is 12.4. The van der Waals surface area contributed by atoms with Crippen LogP contribution in [0.2, 0.25) is 0 Å². The second-order valence-electron chi connectivity index (χ2n) is 6.16. The van der Waals surface area contributed by atoms with Crippen LogP contribution in [0.4, 0.5) is 0 Å². The van der Waals surface area contributed by atoms with Crippen LogP contribution in [0.3, 0.4) is 0 Å². The van der Waals surface area contributed by atoms with E-state index in [1.165, 1.54) is 38.6 Å². The summed E-state index contributed by atoms with van der Waals surface area (Å²) < 4.78 is 5.50. The van der Waals surface area contributed by atoms with Gasteiger partial charge in [0.05, 0.1) is 12.8 Å². The molecule has 1 atom stereocenters. The topological polar surface area (TPSA) is 28.4 Å². The van der Waals surface area contributed by atoms with E-state index >= 15 is 0 Å². The van der Waals surface area contributed by atoms with E-state index in [4.69, 9.17) is 4.42 Å². The number of nitrogens with zero attached hydrogens (tertiary/aromatic N) is 1. The Labute approximate surface area is 110 Å². The van der Waals surface area contributed by atoms with Crippen molar-refractivity contribution in [2.75, 3.05) is 13.1 Å². The van der Waals surface area contributed by atoms with Gasteiger partial charge in [-0.05, 0) is 51.3 Å². The van der Waals surface area contributed by atoms with Crippen molar-refractivity contribution in [1.82, 2.24) is 10.2 Å². The summed E-state index contributed by atoms with van der Waals surface area (Å²) in [5.74, 6) is 1.10. The molecule has 0 bridgehead atoms. The van der Waals surface area contributed by atoms with Crippen LogP contribution >= 0.6 is 0 Å². The van der Waals surface area contributed by atoms with Gasteiger partial charge in [-0.25, -0.2) is 0 Å². The number of furan rings is 1. The fraction of sp³-hybridized carbons (Fsp3) is 0.733. The zero-order valence-corrected chi connectivity index (χ0v) is 11.3. The number of rotatable bonds is 5. The smallest absolute Gasteiger partial charge is 0.117 e. The second kappa shape index (κ2) is 5.06. The second-order valence-corrected chi connectivity index (χ2v) is 6.16. The van der Waals surface area contributed by atoms with Gasteiger partial charge < -0.3 is 9.73 Å². The van der Waals surface area contributed by atoms with Crippen LogP contribution in [-0.2, 0) is 6.54 Å². The lowest BCUT2D eigenvalue weighted by atomic mass is 9.90. The molecule has 2 aliphatic rings. The summed E-state index contributed by atoms with van der Waals surface area (Å²) in [5.41, 5.74) is 0.299. The van der Waals surface area contributed by atoms with Crippen LogP contribution in [-0.4, -0.2) is 29.6 Å². The van der Waals surface area contributed by atoms with Gasteiger partial charge in [0.15, 0.2) is 0 Å². The largest absolute Gasteiger partial charge is 0.468 e. The number of hydrogen-bond acceptors (Lipinski definition) is 3. The van der Waals surface area contributed by atoms with E-state index in [1.807, 2.05) is 6.07 Å². The number of hydrogen-bond donors (Lipinski definition) is 1. The predicted octanol–water partition coefficient (Wildman–Crippen LogP) is 2.78. The molecule has 3 heteroatoms. The van der Waals surface area contributed by atoms with Gasteiger partial charge in [-0.1, -0.05) is 6.42 Å². The molecule has 0 aromatic carbocycles. The molecule has 0 radical (unpaired) electrons. The molecule has 100 valence electrons. The molecule has 0 amide bonds. The molecule has 1 unspecified atom stereocenters. The first-order valence-corrected chi connectivity index (χ1v) is 7.27. The lowest BCUT2D eigenvalue weighted by Gasteiger charge is -2.39. The van der Waals surface area contributed by atoms with Gasteiger partial charge in [-0.3, -0.25) is 4.90 Å². The van der Waals surface area contributed by atoms with Crippen molar-refractivity contribution >= 4 is 0 Å². The first-order valence-electron chi connectivity index (χ1n) is 7.27. The molecule has 3 nitrogen and oxygen atoms in total. The van der Waals surface area contributed by atoms with Gasteiger partial charge >= 0.3 is 0 Å². The van der Waals surface area contributed by atoms with Crippen LogP contribution in [0.1, 0.15) is 44.8 Å². The molecule has 18 heavy (non-hydrogen) atoms. The maximum atomic E-state index is 5.50. The number of piperidine rings is 1. The molecule has 1 aliphatic carbocycles.